The highest BCUT2D eigenvalue weighted by Gasteiger charge is 2.03. The monoisotopic (exact) mass is 219 g/mol. The third-order valence-electron chi connectivity index (χ3n) is 2.16. The van der Waals surface area contributed by atoms with Gasteiger partial charge in [-0.2, -0.15) is 0 Å². The van der Waals surface area contributed by atoms with Crippen molar-refractivity contribution in [2.75, 3.05) is 0 Å². The topological polar surface area (TPSA) is 51.8 Å². The summed E-state index contributed by atoms with van der Waals surface area (Å²) in [6.07, 6.45) is 0.845. The van der Waals surface area contributed by atoms with Crippen LogP contribution in [-0.2, 0) is 13.0 Å². The number of hydrogen-bond acceptors (Lipinski definition) is 4. The molecule has 0 saturated heterocycles. The van der Waals surface area contributed by atoms with Gasteiger partial charge in [0, 0.05) is 13.0 Å². The second-order valence-electron chi connectivity index (χ2n) is 3.46. The molecular weight excluding hydrogens is 206 g/mol. The molecule has 0 aliphatic rings. The number of aryl methyl sites for hydroxylation is 1. The Kier molecular flexibility index (Phi) is 3.08. The zero-order valence-electron chi connectivity index (χ0n) is 8.60. The number of aromatic nitrogens is 2. The molecule has 1 aromatic heterocycles. The van der Waals surface area contributed by atoms with Crippen LogP contribution in [0.4, 0.5) is 0 Å². The van der Waals surface area contributed by atoms with Crippen molar-refractivity contribution in [2.24, 2.45) is 5.73 Å². The smallest absolute Gasteiger partial charge is 0.131 e. The predicted molar refractivity (Wildman–Crippen MR) is 61.8 cm³/mol. The highest BCUT2D eigenvalue weighted by atomic mass is 32.1. The van der Waals surface area contributed by atoms with E-state index in [1.807, 2.05) is 0 Å². The maximum absolute atomic E-state index is 5.48. The van der Waals surface area contributed by atoms with E-state index in [0.717, 1.165) is 16.4 Å². The molecule has 1 heterocycles. The van der Waals surface area contributed by atoms with Crippen LogP contribution in [0.3, 0.4) is 0 Å². The van der Waals surface area contributed by atoms with Gasteiger partial charge in [-0.05, 0) is 12.5 Å². The summed E-state index contributed by atoms with van der Waals surface area (Å²) < 4.78 is 0. The molecule has 3 nitrogen and oxygen atoms in total. The van der Waals surface area contributed by atoms with Gasteiger partial charge in [-0.15, -0.1) is 10.2 Å². The minimum atomic E-state index is 0.478. The van der Waals surface area contributed by atoms with Crippen molar-refractivity contribution in [2.45, 2.75) is 19.9 Å². The molecule has 0 aliphatic heterocycles. The molecule has 0 saturated carbocycles. The Morgan fingerprint density at radius 3 is 2.40 bits per heavy atom. The third-order valence-corrected chi connectivity index (χ3v) is 3.10. The average Bonchev–Trinajstić information content (AvgIpc) is 2.69. The molecule has 0 atom stereocenters. The fourth-order valence-corrected chi connectivity index (χ4v) is 2.08. The lowest BCUT2D eigenvalue weighted by atomic mass is 10.1. The Hall–Kier alpha value is -1.26. The van der Waals surface area contributed by atoms with E-state index < -0.39 is 0 Å². The molecule has 0 unspecified atom stereocenters. The summed E-state index contributed by atoms with van der Waals surface area (Å²) in [7, 11) is 0. The zero-order chi connectivity index (χ0) is 10.7. The SMILES string of the molecule is Cc1ccc(Cc2nnc(CN)s2)cc1. The fourth-order valence-electron chi connectivity index (χ4n) is 1.32. The molecule has 15 heavy (non-hydrogen) atoms. The second-order valence-corrected chi connectivity index (χ2v) is 4.60. The molecule has 0 radical (unpaired) electrons. The van der Waals surface area contributed by atoms with Gasteiger partial charge in [-0.3, -0.25) is 0 Å². The molecule has 2 aromatic rings. The lowest BCUT2D eigenvalue weighted by Gasteiger charge is -1.97. The van der Waals surface area contributed by atoms with Crippen LogP contribution in [0.1, 0.15) is 21.1 Å². The molecule has 0 fully saturated rings. The van der Waals surface area contributed by atoms with Crippen LogP contribution in [0, 0.1) is 6.92 Å². The predicted octanol–water partition coefficient (Wildman–Crippen LogP) is 1.90. The molecule has 2 rings (SSSR count). The van der Waals surface area contributed by atoms with E-state index in [9.17, 15) is 0 Å². The summed E-state index contributed by atoms with van der Waals surface area (Å²) in [5, 5.41) is 10.0. The van der Waals surface area contributed by atoms with Crippen LogP contribution >= 0.6 is 11.3 Å². The van der Waals surface area contributed by atoms with Crippen LogP contribution in [0.15, 0.2) is 24.3 Å². The molecular formula is C11H13N3S. The summed E-state index contributed by atoms with van der Waals surface area (Å²) in [6.45, 7) is 2.56. The average molecular weight is 219 g/mol. The van der Waals surface area contributed by atoms with Gasteiger partial charge in [0.2, 0.25) is 0 Å². The molecule has 78 valence electrons. The van der Waals surface area contributed by atoms with E-state index in [1.165, 1.54) is 11.1 Å². The maximum atomic E-state index is 5.48. The zero-order valence-corrected chi connectivity index (χ0v) is 9.42. The number of nitrogens with two attached hydrogens (primary N) is 1. The van der Waals surface area contributed by atoms with Gasteiger partial charge >= 0.3 is 0 Å². The van der Waals surface area contributed by atoms with Crippen LogP contribution in [0.2, 0.25) is 0 Å². The van der Waals surface area contributed by atoms with Gasteiger partial charge in [0.25, 0.3) is 0 Å². The Balaban J connectivity index is 2.11. The molecule has 0 bridgehead atoms. The van der Waals surface area contributed by atoms with E-state index in [-0.39, 0.29) is 0 Å². The molecule has 0 amide bonds. The van der Waals surface area contributed by atoms with Crippen molar-refractivity contribution >= 4 is 11.3 Å². The summed E-state index contributed by atoms with van der Waals surface area (Å²) in [4.78, 5) is 0. The highest BCUT2D eigenvalue weighted by Crippen LogP contribution is 2.14. The van der Waals surface area contributed by atoms with Crippen molar-refractivity contribution in [3.8, 4) is 0 Å². The van der Waals surface area contributed by atoms with Gasteiger partial charge in [-0.25, -0.2) is 0 Å². The van der Waals surface area contributed by atoms with Crippen molar-refractivity contribution in [3.63, 3.8) is 0 Å². The van der Waals surface area contributed by atoms with Gasteiger partial charge in [0.15, 0.2) is 0 Å². The van der Waals surface area contributed by atoms with Crippen LogP contribution < -0.4 is 5.73 Å². The molecule has 2 N–H and O–H groups in total. The lowest BCUT2D eigenvalue weighted by molar-refractivity contribution is 0.930. The van der Waals surface area contributed by atoms with Crippen LogP contribution in [0.25, 0.3) is 0 Å². The first-order valence-electron chi connectivity index (χ1n) is 4.85. The Morgan fingerprint density at radius 2 is 1.80 bits per heavy atom. The van der Waals surface area contributed by atoms with Gasteiger partial charge < -0.3 is 5.73 Å². The van der Waals surface area contributed by atoms with Crippen molar-refractivity contribution in [3.05, 3.63) is 45.4 Å². The first-order chi connectivity index (χ1) is 7.28. The standard InChI is InChI=1S/C11H13N3S/c1-8-2-4-9(5-3-8)6-10-13-14-11(7-12)15-10/h2-5H,6-7,12H2,1H3. The van der Waals surface area contributed by atoms with E-state index in [0.29, 0.717) is 6.54 Å². The lowest BCUT2D eigenvalue weighted by Crippen LogP contribution is -1.94. The van der Waals surface area contributed by atoms with Crippen molar-refractivity contribution in [1.82, 2.24) is 10.2 Å². The molecule has 4 heteroatoms. The van der Waals surface area contributed by atoms with E-state index in [4.69, 9.17) is 5.73 Å². The van der Waals surface area contributed by atoms with E-state index in [2.05, 4.69) is 41.4 Å². The van der Waals surface area contributed by atoms with Crippen LogP contribution in [-0.4, -0.2) is 10.2 Å². The quantitative estimate of drug-likeness (QED) is 0.857. The normalized spacial score (nSPS) is 10.5. The van der Waals surface area contributed by atoms with Crippen molar-refractivity contribution < 1.29 is 0 Å². The molecule has 1 aromatic carbocycles. The first-order valence-corrected chi connectivity index (χ1v) is 5.66. The summed E-state index contributed by atoms with van der Waals surface area (Å²) in [5.74, 6) is 0. The number of benzene rings is 1. The number of rotatable bonds is 3. The minimum absolute atomic E-state index is 0.478. The van der Waals surface area contributed by atoms with Gasteiger partial charge in [-0.1, -0.05) is 41.2 Å². The van der Waals surface area contributed by atoms with E-state index >= 15 is 0 Å². The molecule has 0 aliphatic carbocycles. The highest BCUT2D eigenvalue weighted by molar-refractivity contribution is 7.11. The largest absolute Gasteiger partial charge is 0.324 e. The first kappa shape index (κ1) is 10.3. The Morgan fingerprint density at radius 1 is 1.13 bits per heavy atom. The minimum Gasteiger partial charge on any atom is -0.324 e. The summed E-state index contributed by atoms with van der Waals surface area (Å²) in [6, 6.07) is 8.47. The summed E-state index contributed by atoms with van der Waals surface area (Å²) >= 11 is 1.58. The third kappa shape index (κ3) is 2.61. The van der Waals surface area contributed by atoms with E-state index in [1.54, 1.807) is 11.3 Å². The van der Waals surface area contributed by atoms with Gasteiger partial charge in [0.1, 0.15) is 10.0 Å². The number of nitrogens with zero attached hydrogens (tertiary/aromatic N) is 2. The Bertz CT molecular complexity index is 433. The number of hydrogen-bond donors (Lipinski definition) is 1. The Labute approximate surface area is 93.0 Å². The maximum Gasteiger partial charge on any atom is 0.131 e. The fraction of sp³-hybridized carbons (Fsp3) is 0.273. The molecule has 0 spiro atoms. The van der Waals surface area contributed by atoms with Crippen molar-refractivity contribution in [1.29, 1.82) is 0 Å². The summed E-state index contributed by atoms with van der Waals surface area (Å²) in [5.41, 5.74) is 8.03. The second kappa shape index (κ2) is 4.51. The van der Waals surface area contributed by atoms with Gasteiger partial charge in [0.05, 0.1) is 0 Å². The van der Waals surface area contributed by atoms with Crippen LogP contribution in [0.5, 0.6) is 0 Å².